The van der Waals surface area contributed by atoms with Crippen molar-refractivity contribution in [3.05, 3.63) is 48.2 Å². The lowest BCUT2D eigenvalue weighted by atomic mass is 10.2. The first-order chi connectivity index (χ1) is 10.7. The van der Waals surface area contributed by atoms with Crippen molar-refractivity contribution in [3.8, 4) is 11.3 Å². The molecular weight excluding hydrogens is 280 g/mol. The second kappa shape index (κ2) is 6.11. The Balaban J connectivity index is 1.84. The summed E-state index contributed by atoms with van der Waals surface area (Å²) in [5.41, 5.74) is 2.99. The van der Waals surface area contributed by atoms with E-state index in [1.807, 2.05) is 38.4 Å². The van der Waals surface area contributed by atoms with Gasteiger partial charge in [0.2, 0.25) is 0 Å². The van der Waals surface area contributed by atoms with E-state index in [0.29, 0.717) is 13.1 Å². The van der Waals surface area contributed by atoms with E-state index in [2.05, 4.69) is 21.0 Å². The van der Waals surface area contributed by atoms with Crippen molar-refractivity contribution >= 4 is 5.82 Å². The van der Waals surface area contributed by atoms with Gasteiger partial charge in [0.05, 0.1) is 31.7 Å². The van der Waals surface area contributed by atoms with Crippen molar-refractivity contribution in [2.75, 3.05) is 11.9 Å². The average Bonchev–Trinajstić information content (AvgIpc) is 3.18. The first-order valence-corrected chi connectivity index (χ1v) is 7.26. The van der Waals surface area contributed by atoms with Gasteiger partial charge < -0.3 is 19.4 Å². The van der Waals surface area contributed by atoms with E-state index in [9.17, 15) is 5.11 Å². The Kier molecular flexibility index (Phi) is 4.02. The molecule has 0 saturated carbocycles. The van der Waals surface area contributed by atoms with Crippen molar-refractivity contribution in [1.29, 1.82) is 0 Å². The largest absolute Gasteiger partial charge is 0.469 e. The highest BCUT2D eigenvalue weighted by Gasteiger charge is 2.13. The highest BCUT2D eigenvalue weighted by Crippen LogP contribution is 2.26. The molecular formula is C16H20N4O2. The van der Waals surface area contributed by atoms with Crippen LogP contribution in [0.25, 0.3) is 11.3 Å². The van der Waals surface area contributed by atoms with Crippen LogP contribution in [0.5, 0.6) is 0 Å². The summed E-state index contributed by atoms with van der Waals surface area (Å²) in [5.74, 6) is 1.72. The Morgan fingerprint density at radius 3 is 2.86 bits per heavy atom. The van der Waals surface area contributed by atoms with E-state index in [0.717, 1.165) is 22.8 Å². The number of aliphatic hydroxyl groups excluding tert-OH is 1. The summed E-state index contributed by atoms with van der Waals surface area (Å²) in [6.45, 7) is 3.11. The molecule has 3 heterocycles. The molecule has 3 aromatic heterocycles. The fourth-order valence-electron chi connectivity index (χ4n) is 2.47. The number of aliphatic hydroxyl groups is 1. The Hall–Kier alpha value is -2.47. The van der Waals surface area contributed by atoms with Gasteiger partial charge in [-0.1, -0.05) is 0 Å². The second-order valence-electron chi connectivity index (χ2n) is 5.22. The topological polar surface area (TPSA) is 68.2 Å². The van der Waals surface area contributed by atoms with Gasteiger partial charge in [-0.2, -0.15) is 5.10 Å². The number of aryl methyl sites for hydroxylation is 2. The molecule has 0 spiro atoms. The fourth-order valence-corrected chi connectivity index (χ4v) is 2.47. The van der Waals surface area contributed by atoms with E-state index in [1.54, 1.807) is 10.9 Å². The van der Waals surface area contributed by atoms with Gasteiger partial charge in [-0.3, -0.25) is 0 Å². The molecule has 0 aliphatic rings. The van der Waals surface area contributed by atoms with Gasteiger partial charge in [0.15, 0.2) is 0 Å². The van der Waals surface area contributed by atoms with E-state index >= 15 is 0 Å². The van der Waals surface area contributed by atoms with Gasteiger partial charge >= 0.3 is 0 Å². The second-order valence-corrected chi connectivity index (χ2v) is 5.22. The minimum absolute atomic E-state index is 0.0460. The Morgan fingerprint density at radius 2 is 2.23 bits per heavy atom. The summed E-state index contributed by atoms with van der Waals surface area (Å²) in [6.07, 6.45) is 3.68. The molecule has 116 valence electrons. The third-order valence-electron chi connectivity index (χ3n) is 3.73. The fraction of sp³-hybridized carbons (Fsp3) is 0.312. The molecule has 0 atom stereocenters. The molecule has 0 aliphatic carbocycles. The summed E-state index contributed by atoms with van der Waals surface area (Å²) in [7, 11) is 2.02. The third kappa shape index (κ3) is 2.78. The first kappa shape index (κ1) is 14.5. The van der Waals surface area contributed by atoms with Gasteiger partial charge in [0.1, 0.15) is 11.6 Å². The zero-order valence-electron chi connectivity index (χ0n) is 12.8. The molecule has 3 aromatic rings. The summed E-state index contributed by atoms with van der Waals surface area (Å²) in [5, 5.41) is 17.2. The maximum atomic E-state index is 9.22. The zero-order chi connectivity index (χ0) is 15.5. The number of aromatic nitrogens is 3. The molecule has 3 rings (SSSR count). The number of furan rings is 1. The predicted octanol–water partition coefficient (Wildman–Crippen LogP) is 2.39. The minimum atomic E-state index is 0.0460. The molecule has 6 nitrogen and oxygen atoms in total. The van der Waals surface area contributed by atoms with Crippen LogP contribution in [0.1, 0.15) is 11.5 Å². The van der Waals surface area contributed by atoms with Gasteiger partial charge in [-0.05, 0) is 25.1 Å². The lowest BCUT2D eigenvalue weighted by Gasteiger charge is -2.09. The summed E-state index contributed by atoms with van der Waals surface area (Å²) >= 11 is 0. The molecule has 0 bridgehead atoms. The van der Waals surface area contributed by atoms with E-state index < -0.39 is 0 Å². The number of anilines is 1. The number of hydrogen-bond donors (Lipinski definition) is 2. The van der Waals surface area contributed by atoms with Crippen LogP contribution >= 0.6 is 0 Å². The number of nitrogens with one attached hydrogen (secondary N) is 1. The molecule has 0 unspecified atom stereocenters. The molecule has 22 heavy (non-hydrogen) atoms. The van der Waals surface area contributed by atoms with Crippen molar-refractivity contribution in [2.24, 2.45) is 7.05 Å². The summed E-state index contributed by atoms with van der Waals surface area (Å²) < 4.78 is 9.19. The predicted molar refractivity (Wildman–Crippen MR) is 84.5 cm³/mol. The quantitative estimate of drug-likeness (QED) is 0.733. The van der Waals surface area contributed by atoms with E-state index in [1.165, 1.54) is 5.69 Å². The van der Waals surface area contributed by atoms with Crippen LogP contribution in [0.15, 0.2) is 41.1 Å². The Morgan fingerprint density at radius 1 is 1.36 bits per heavy atom. The van der Waals surface area contributed by atoms with Crippen LogP contribution < -0.4 is 5.32 Å². The van der Waals surface area contributed by atoms with Gasteiger partial charge in [-0.25, -0.2) is 4.68 Å². The first-order valence-electron chi connectivity index (χ1n) is 7.26. The van der Waals surface area contributed by atoms with Gasteiger partial charge in [0, 0.05) is 30.6 Å². The number of nitrogens with zero attached hydrogens (tertiary/aromatic N) is 3. The normalized spacial score (nSPS) is 11.0. The standard InChI is InChI=1S/C16H20N4O2/c1-12-14(5-9-22-12)15-10-16(20(18-15)7-8-21)17-11-13-4-3-6-19(13)2/h3-6,9-10,17,21H,7-8,11H2,1-2H3. The van der Waals surface area contributed by atoms with Gasteiger partial charge in [-0.15, -0.1) is 0 Å². The molecule has 0 aliphatic heterocycles. The van der Waals surface area contributed by atoms with Crippen molar-refractivity contribution in [3.63, 3.8) is 0 Å². The molecule has 0 saturated heterocycles. The van der Waals surface area contributed by atoms with Crippen LogP contribution in [0.2, 0.25) is 0 Å². The van der Waals surface area contributed by atoms with Crippen LogP contribution in [0, 0.1) is 6.92 Å². The molecule has 0 radical (unpaired) electrons. The van der Waals surface area contributed by atoms with Crippen molar-refractivity contribution in [2.45, 2.75) is 20.0 Å². The third-order valence-corrected chi connectivity index (χ3v) is 3.73. The summed E-state index contributed by atoms with van der Waals surface area (Å²) in [6, 6.07) is 7.97. The smallest absolute Gasteiger partial charge is 0.125 e. The van der Waals surface area contributed by atoms with Crippen LogP contribution in [-0.4, -0.2) is 26.1 Å². The SMILES string of the molecule is Cc1occc1-c1cc(NCc2cccn2C)n(CCO)n1. The van der Waals surface area contributed by atoms with Crippen molar-refractivity contribution in [1.82, 2.24) is 14.3 Å². The minimum Gasteiger partial charge on any atom is -0.469 e. The van der Waals surface area contributed by atoms with Gasteiger partial charge in [0.25, 0.3) is 0 Å². The molecule has 0 amide bonds. The molecule has 6 heteroatoms. The highest BCUT2D eigenvalue weighted by molar-refractivity contribution is 5.64. The lowest BCUT2D eigenvalue weighted by molar-refractivity contribution is 0.270. The maximum Gasteiger partial charge on any atom is 0.125 e. The van der Waals surface area contributed by atoms with Crippen LogP contribution in [0.3, 0.4) is 0 Å². The molecule has 2 N–H and O–H groups in total. The zero-order valence-corrected chi connectivity index (χ0v) is 12.8. The maximum absolute atomic E-state index is 9.22. The summed E-state index contributed by atoms with van der Waals surface area (Å²) in [4.78, 5) is 0. The number of rotatable bonds is 6. The van der Waals surface area contributed by atoms with E-state index in [4.69, 9.17) is 4.42 Å². The van der Waals surface area contributed by atoms with E-state index in [-0.39, 0.29) is 6.61 Å². The molecule has 0 aromatic carbocycles. The van der Waals surface area contributed by atoms with Crippen molar-refractivity contribution < 1.29 is 9.52 Å². The van der Waals surface area contributed by atoms with Crippen LogP contribution in [0.4, 0.5) is 5.82 Å². The lowest BCUT2D eigenvalue weighted by Crippen LogP contribution is -2.11. The van der Waals surface area contributed by atoms with Crippen LogP contribution in [-0.2, 0) is 20.1 Å². The number of hydrogen-bond acceptors (Lipinski definition) is 4. The Labute approximate surface area is 129 Å². The average molecular weight is 300 g/mol. The highest BCUT2D eigenvalue weighted by atomic mass is 16.3. The molecule has 0 fully saturated rings. The monoisotopic (exact) mass is 300 g/mol. The Bertz CT molecular complexity index is 754.